The zero-order valence-corrected chi connectivity index (χ0v) is 21.6. The van der Waals surface area contributed by atoms with Crippen LogP contribution in [0.5, 0.6) is 5.75 Å². The number of carbonyl (C=O) groups is 2. The van der Waals surface area contributed by atoms with Gasteiger partial charge in [0.1, 0.15) is 12.3 Å². The molecule has 2 aromatic heterocycles. The van der Waals surface area contributed by atoms with Crippen LogP contribution in [-0.2, 0) is 17.8 Å². The molecule has 0 aliphatic carbocycles. The predicted molar refractivity (Wildman–Crippen MR) is 138 cm³/mol. The van der Waals surface area contributed by atoms with Gasteiger partial charge in [-0.3, -0.25) is 19.3 Å². The first kappa shape index (κ1) is 25.4. The Bertz CT molecular complexity index is 1180. The molecule has 0 spiro atoms. The van der Waals surface area contributed by atoms with Crippen LogP contribution >= 0.6 is 0 Å². The van der Waals surface area contributed by atoms with Gasteiger partial charge in [0.2, 0.25) is 5.91 Å². The molecule has 1 unspecified atom stereocenters. The number of hydrogen-bond donors (Lipinski definition) is 0. The van der Waals surface area contributed by atoms with E-state index in [1.54, 1.807) is 36.3 Å². The summed E-state index contributed by atoms with van der Waals surface area (Å²) >= 11 is 0. The molecule has 1 aliphatic heterocycles. The third-order valence-corrected chi connectivity index (χ3v) is 7.13. The first-order chi connectivity index (χ1) is 17.4. The van der Waals surface area contributed by atoms with Crippen molar-refractivity contribution in [3.05, 3.63) is 77.4 Å². The summed E-state index contributed by atoms with van der Waals surface area (Å²) in [6.45, 7) is 5.51. The van der Waals surface area contributed by atoms with Gasteiger partial charge in [0.25, 0.3) is 5.91 Å². The molecule has 0 radical (unpaired) electrons. The number of piperidine rings is 1. The van der Waals surface area contributed by atoms with E-state index in [2.05, 4.69) is 16.1 Å². The van der Waals surface area contributed by atoms with Crippen LogP contribution in [0.1, 0.15) is 40.2 Å². The summed E-state index contributed by atoms with van der Waals surface area (Å²) in [7, 11) is 3.54. The number of benzene rings is 1. The lowest BCUT2D eigenvalue weighted by Gasteiger charge is -2.40. The predicted octanol–water partition coefficient (Wildman–Crippen LogP) is 3.53. The number of nitrogens with zero attached hydrogens (tertiary/aromatic N) is 5. The van der Waals surface area contributed by atoms with Crippen LogP contribution in [0.3, 0.4) is 0 Å². The minimum Gasteiger partial charge on any atom is -0.497 e. The lowest BCUT2D eigenvalue weighted by atomic mass is 9.84. The van der Waals surface area contributed by atoms with Crippen LogP contribution in [0.4, 0.5) is 0 Å². The molecule has 0 bridgehead atoms. The molecule has 1 saturated heterocycles. The second-order valence-corrected chi connectivity index (χ2v) is 9.58. The van der Waals surface area contributed by atoms with E-state index in [9.17, 15) is 9.59 Å². The standard InChI is InChI=1S/C28H35N5O3/c1-20-15-21(2)33(30-20)19-27(34)32-13-10-23(11-14-32)26(17-22-7-5-9-25(16-22)36-4)31(3)28(35)24-8-6-12-29-18-24/h5-9,12,15-16,18,23,26H,10-11,13-14,17,19H2,1-4H3. The van der Waals surface area contributed by atoms with Crippen molar-refractivity contribution in [2.45, 2.75) is 45.7 Å². The summed E-state index contributed by atoms with van der Waals surface area (Å²) in [5.74, 6) is 1.11. The summed E-state index contributed by atoms with van der Waals surface area (Å²) < 4.78 is 7.19. The van der Waals surface area contributed by atoms with Crippen LogP contribution in [0.15, 0.2) is 54.9 Å². The van der Waals surface area contributed by atoms with E-state index in [4.69, 9.17) is 4.74 Å². The second-order valence-electron chi connectivity index (χ2n) is 9.58. The number of methoxy groups -OCH3 is 1. The SMILES string of the molecule is COc1cccc(CC(C2CCN(C(=O)Cn3nc(C)cc3C)CC2)N(C)C(=O)c2cccnc2)c1. The molecule has 8 heteroatoms. The van der Waals surface area contributed by atoms with Gasteiger partial charge in [-0.2, -0.15) is 5.10 Å². The smallest absolute Gasteiger partial charge is 0.255 e. The normalized spacial score (nSPS) is 14.9. The summed E-state index contributed by atoms with van der Waals surface area (Å²) in [4.78, 5) is 34.2. The second kappa shape index (κ2) is 11.4. The quantitative estimate of drug-likeness (QED) is 0.484. The molecular weight excluding hydrogens is 454 g/mol. The van der Waals surface area contributed by atoms with Crippen molar-refractivity contribution in [1.82, 2.24) is 24.6 Å². The van der Waals surface area contributed by atoms with Gasteiger partial charge < -0.3 is 14.5 Å². The Kier molecular flexibility index (Phi) is 8.03. The van der Waals surface area contributed by atoms with Gasteiger partial charge in [-0.05, 0) is 74.9 Å². The van der Waals surface area contributed by atoms with Crippen molar-refractivity contribution >= 4 is 11.8 Å². The number of aryl methyl sites for hydroxylation is 2. The molecule has 1 aromatic carbocycles. The van der Waals surface area contributed by atoms with Gasteiger partial charge in [-0.25, -0.2) is 0 Å². The Morgan fingerprint density at radius 2 is 1.92 bits per heavy atom. The Balaban J connectivity index is 1.48. The summed E-state index contributed by atoms with van der Waals surface area (Å²) in [5, 5.41) is 4.43. The van der Waals surface area contributed by atoms with Crippen LogP contribution in [0.2, 0.25) is 0 Å². The highest BCUT2D eigenvalue weighted by atomic mass is 16.5. The molecule has 0 N–H and O–H groups in total. The Labute approximate surface area is 212 Å². The zero-order valence-electron chi connectivity index (χ0n) is 21.6. The van der Waals surface area contributed by atoms with Crippen molar-refractivity contribution < 1.29 is 14.3 Å². The van der Waals surface area contributed by atoms with E-state index in [0.717, 1.165) is 35.5 Å². The van der Waals surface area contributed by atoms with E-state index in [-0.39, 0.29) is 30.3 Å². The number of carbonyl (C=O) groups excluding carboxylic acids is 2. The van der Waals surface area contributed by atoms with E-state index >= 15 is 0 Å². The van der Waals surface area contributed by atoms with Gasteiger partial charge in [0.05, 0.1) is 18.4 Å². The number of hydrogen-bond acceptors (Lipinski definition) is 5. The maximum atomic E-state index is 13.3. The summed E-state index contributed by atoms with van der Waals surface area (Å²) in [6, 6.07) is 13.6. The fraction of sp³-hybridized carbons (Fsp3) is 0.429. The number of ether oxygens (including phenoxy) is 1. The van der Waals surface area contributed by atoms with Gasteiger partial charge in [-0.15, -0.1) is 0 Å². The zero-order chi connectivity index (χ0) is 25.7. The fourth-order valence-electron chi connectivity index (χ4n) is 5.10. The Morgan fingerprint density at radius 1 is 1.14 bits per heavy atom. The average Bonchev–Trinajstić information content (AvgIpc) is 3.23. The highest BCUT2D eigenvalue weighted by molar-refractivity contribution is 5.94. The van der Waals surface area contributed by atoms with E-state index in [1.165, 1.54) is 0 Å². The molecule has 3 heterocycles. The number of rotatable bonds is 8. The van der Waals surface area contributed by atoms with Crippen LogP contribution in [-0.4, -0.2) is 69.7 Å². The number of aromatic nitrogens is 3. The topological polar surface area (TPSA) is 80.6 Å². The van der Waals surface area contributed by atoms with Gasteiger partial charge in [-0.1, -0.05) is 12.1 Å². The first-order valence-corrected chi connectivity index (χ1v) is 12.4. The highest BCUT2D eigenvalue weighted by Crippen LogP contribution is 2.28. The van der Waals surface area contributed by atoms with E-state index in [1.807, 2.05) is 55.0 Å². The molecule has 2 amide bonds. The Hall–Kier alpha value is -3.68. The molecule has 190 valence electrons. The highest BCUT2D eigenvalue weighted by Gasteiger charge is 2.33. The van der Waals surface area contributed by atoms with Crippen LogP contribution in [0.25, 0.3) is 0 Å². The van der Waals surface area contributed by atoms with Crippen molar-refractivity contribution in [2.24, 2.45) is 5.92 Å². The Morgan fingerprint density at radius 3 is 2.56 bits per heavy atom. The van der Waals surface area contributed by atoms with Crippen LogP contribution in [0, 0.1) is 19.8 Å². The molecule has 36 heavy (non-hydrogen) atoms. The van der Waals surface area contributed by atoms with E-state index in [0.29, 0.717) is 25.1 Å². The maximum Gasteiger partial charge on any atom is 0.255 e. The molecular formula is C28H35N5O3. The largest absolute Gasteiger partial charge is 0.497 e. The fourth-order valence-corrected chi connectivity index (χ4v) is 5.10. The van der Waals surface area contributed by atoms with Gasteiger partial charge >= 0.3 is 0 Å². The summed E-state index contributed by atoms with van der Waals surface area (Å²) in [5.41, 5.74) is 3.60. The van der Waals surface area contributed by atoms with Crippen molar-refractivity contribution in [1.29, 1.82) is 0 Å². The monoisotopic (exact) mass is 489 g/mol. The third kappa shape index (κ3) is 5.93. The lowest BCUT2D eigenvalue weighted by Crippen LogP contribution is -2.49. The third-order valence-electron chi connectivity index (χ3n) is 7.13. The number of amides is 2. The minimum absolute atomic E-state index is 0.0157. The van der Waals surface area contributed by atoms with Gasteiger partial charge in [0, 0.05) is 44.3 Å². The average molecular weight is 490 g/mol. The first-order valence-electron chi connectivity index (χ1n) is 12.4. The number of pyridine rings is 1. The lowest BCUT2D eigenvalue weighted by molar-refractivity contribution is -0.133. The number of likely N-dealkylation sites (tertiary alicyclic amines) is 1. The van der Waals surface area contributed by atoms with Gasteiger partial charge in [0.15, 0.2) is 0 Å². The molecule has 1 aliphatic rings. The maximum absolute atomic E-state index is 13.3. The number of likely N-dealkylation sites (N-methyl/N-ethyl adjacent to an activating group) is 1. The van der Waals surface area contributed by atoms with Crippen molar-refractivity contribution in [3.8, 4) is 5.75 Å². The molecule has 8 nitrogen and oxygen atoms in total. The molecule has 4 rings (SSSR count). The van der Waals surface area contributed by atoms with E-state index < -0.39 is 0 Å². The molecule has 3 aromatic rings. The molecule has 1 fully saturated rings. The summed E-state index contributed by atoms with van der Waals surface area (Å²) in [6.07, 6.45) is 5.67. The molecule has 0 saturated carbocycles. The molecule has 1 atom stereocenters. The van der Waals surface area contributed by atoms with Crippen LogP contribution < -0.4 is 4.74 Å². The van der Waals surface area contributed by atoms with Crippen molar-refractivity contribution in [3.63, 3.8) is 0 Å². The minimum atomic E-state index is -0.0426. The van der Waals surface area contributed by atoms with Crippen molar-refractivity contribution in [2.75, 3.05) is 27.2 Å².